The van der Waals surface area contributed by atoms with Crippen LogP contribution in [-0.2, 0) is 9.53 Å². The molecule has 7 heteroatoms. The fourth-order valence-electron chi connectivity index (χ4n) is 3.19. The number of nitrogens with one attached hydrogen (secondary N) is 2. The van der Waals surface area contributed by atoms with Crippen LogP contribution in [0.25, 0.3) is 0 Å². The molecule has 146 valence electrons. The van der Waals surface area contributed by atoms with Crippen molar-refractivity contribution in [3.05, 3.63) is 48.0 Å². The van der Waals surface area contributed by atoms with E-state index in [2.05, 4.69) is 10.6 Å². The predicted molar refractivity (Wildman–Crippen MR) is 109 cm³/mol. The van der Waals surface area contributed by atoms with Crippen LogP contribution in [0.15, 0.2) is 47.4 Å². The lowest BCUT2D eigenvalue weighted by Gasteiger charge is -2.13. The Hall–Kier alpha value is -2.51. The van der Waals surface area contributed by atoms with Crippen LogP contribution in [0.5, 0.6) is 5.75 Å². The maximum atomic E-state index is 12.7. The smallest absolute Gasteiger partial charge is 0.255 e. The van der Waals surface area contributed by atoms with Crippen LogP contribution >= 0.6 is 11.8 Å². The lowest BCUT2D eigenvalue weighted by atomic mass is 10.1. The Balaban J connectivity index is 1.42. The lowest BCUT2D eigenvalue weighted by molar-refractivity contribution is -0.115. The van der Waals surface area contributed by atoms with Crippen molar-refractivity contribution >= 4 is 35.0 Å². The number of anilines is 2. The van der Waals surface area contributed by atoms with E-state index in [1.54, 1.807) is 30.0 Å². The fraction of sp³-hybridized carbons (Fsp3) is 0.333. The standard InChI is InChI=1S/C21H22N2O4S/c24-20-8-10-28-19-7-6-14(11-18(19)23-20)21(25)22-15-3-1-4-16(12-15)27-13-17-5-2-9-26-17/h1,3-4,6-7,11-12,17H,2,5,8-10,13H2,(H,22,25)(H,23,24)/t17-/m0/s1. The number of fused-ring (bicyclic) bond motifs is 1. The van der Waals surface area contributed by atoms with Crippen LogP contribution in [0, 0.1) is 0 Å². The van der Waals surface area contributed by atoms with E-state index in [0.717, 1.165) is 30.1 Å². The molecule has 2 N–H and O–H groups in total. The molecule has 2 aromatic rings. The molecule has 0 spiro atoms. The maximum absolute atomic E-state index is 12.7. The molecule has 2 aromatic carbocycles. The van der Waals surface area contributed by atoms with Crippen molar-refractivity contribution in [1.82, 2.24) is 0 Å². The van der Waals surface area contributed by atoms with Crippen LogP contribution in [-0.4, -0.2) is 36.9 Å². The molecule has 2 aliphatic heterocycles. The molecule has 2 heterocycles. The summed E-state index contributed by atoms with van der Waals surface area (Å²) in [6, 6.07) is 12.7. The minimum Gasteiger partial charge on any atom is -0.491 e. The third-order valence-electron chi connectivity index (χ3n) is 4.65. The van der Waals surface area contributed by atoms with E-state index in [-0.39, 0.29) is 17.9 Å². The van der Waals surface area contributed by atoms with Crippen LogP contribution in [0.1, 0.15) is 29.6 Å². The topological polar surface area (TPSA) is 76.7 Å². The monoisotopic (exact) mass is 398 g/mol. The highest BCUT2D eigenvalue weighted by atomic mass is 32.2. The zero-order valence-electron chi connectivity index (χ0n) is 15.4. The predicted octanol–water partition coefficient (Wildman–Crippen LogP) is 3.93. The lowest BCUT2D eigenvalue weighted by Crippen LogP contribution is -2.16. The number of ether oxygens (including phenoxy) is 2. The summed E-state index contributed by atoms with van der Waals surface area (Å²) < 4.78 is 11.4. The fourth-order valence-corrected chi connectivity index (χ4v) is 4.13. The third-order valence-corrected chi connectivity index (χ3v) is 5.73. The van der Waals surface area contributed by atoms with E-state index in [1.165, 1.54) is 0 Å². The molecule has 0 unspecified atom stereocenters. The van der Waals surface area contributed by atoms with Crippen molar-refractivity contribution in [1.29, 1.82) is 0 Å². The second kappa shape index (κ2) is 8.67. The van der Waals surface area contributed by atoms with Crippen LogP contribution < -0.4 is 15.4 Å². The summed E-state index contributed by atoms with van der Waals surface area (Å²) in [6.45, 7) is 1.31. The van der Waals surface area contributed by atoms with Gasteiger partial charge < -0.3 is 20.1 Å². The molecular weight excluding hydrogens is 376 g/mol. The Kier molecular flexibility index (Phi) is 5.83. The Bertz CT molecular complexity index is 880. The molecule has 0 aliphatic carbocycles. The number of amides is 2. The minimum absolute atomic E-state index is 0.0279. The second-order valence-corrected chi connectivity index (χ2v) is 7.92. The van der Waals surface area contributed by atoms with E-state index >= 15 is 0 Å². The van der Waals surface area contributed by atoms with Gasteiger partial charge in [-0.15, -0.1) is 11.8 Å². The third kappa shape index (κ3) is 4.66. The van der Waals surface area contributed by atoms with E-state index in [9.17, 15) is 9.59 Å². The molecule has 1 saturated heterocycles. The van der Waals surface area contributed by atoms with Gasteiger partial charge in [0.2, 0.25) is 5.91 Å². The van der Waals surface area contributed by atoms with Crippen LogP contribution in [0.3, 0.4) is 0 Å². The van der Waals surface area contributed by atoms with Gasteiger partial charge in [0.15, 0.2) is 0 Å². The molecule has 0 radical (unpaired) electrons. The zero-order chi connectivity index (χ0) is 19.3. The van der Waals surface area contributed by atoms with Crippen molar-refractivity contribution in [3.8, 4) is 5.75 Å². The average Bonchev–Trinajstić information content (AvgIpc) is 3.14. The van der Waals surface area contributed by atoms with E-state index in [4.69, 9.17) is 9.47 Å². The van der Waals surface area contributed by atoms with Gasteiger partial charge in [-0.3, -0.25) is 9.59 Å². The van der Waals surface area contributed by atoms with Gasteiger partial charge in [-0.05, 0) is 43.2 Å². The zero-order valence-corrected chi connectivity index (χ0v) is 16.2. The number of hydrogen-bond acceptors (Lipinski definition) is 5. The first-order valence-corrected chi connectivity index (χ1v) is 10.4. The SMILES string of the molecule is O=C1CCSc2ccc(C(=O)Nc3cccc(OC[C@@H]4CCCO4)c3)cc2N1. The number of carbonyl (C=O) groups is 2. The van der Waals surface area contributed by atoms with Gasteiger partial charge in [0.05, 0.1) is 11.8 Å². The summed E-state index contributed by atoms with van der Waals surface area (Å²) in [7, 11) is 0. The molecule has 2 amide bonds. The van der Waals surface area contributed by atoms with Gasteiger partial charge in [-0.2, -0.15) is 0 Å². The van der Waals surface area contributed by atoms with Crippen LogP contribution in [0.2, 0.25) is 0 Å². The number of carbonyl (C=O) groups excluding carboxylic acids is 2. The summed E-state index contributed by atoms with van der Waals surface area (Å²) in [5.41, 5.74) is 1.84. The number of hydrogen-bond donors (Lipinski definition) is 2. The summed E-state index contributed by atoms with van der Waals surface area (Å²) in [6.07, 6.45) is 2.71. The maximum Gasteiger partial charge on any atom is 0.255 e. The van der Waals surface area contributed by atoms with Gasteiger partial charge in [0.1, 0.15) is 12.4 Å². The Morgan fingerprint density at radius 2 is 2.21 bits per heavy atom. The number of benzene rings is 2. The summed E-state index contributed by atoms with van der Waals surface area (Å²) in [4.78, 5) is 25.4. The molecule has 6 nitrogen and oxygen atoms in total. The summed E-state index contributed by atoms with van der Waals surface area (Å²) in [5, 5.41) is 5.75. The van der Waals surface area contributed by atoms with Crippen molar-refractivity contribution in [2.45, 2.75) is 30.3 Å². The second-order valence-electron chi connectivity index (χ2n) is 6.79. The first kappa shape index (κ1) is 18.8. The van der Waals surface area contributed by atoms with Crippen molar-refractivity contribution in [2.75, 3.05) is 29.6 Å². The highest BCUT2D eigenvalue weighted by molar-refractivity contribution is 7.99. The summed E-state index contributed by atoms with van der Waals surface area (Å²) >= 11 is 1.61. The van der Waals surface area contributed by atoms with Crippen molar-refractivity contribution in [3.63, 3.8) is 0 Å². The van der Waals surface area contributed by atoms with Gasteiger partial charge >= 0.3 is 0 Å². The molecule has 28 heavy (non-hydrogen) atoms. The highest BCUT2D eigenvalue weighted by Crippen LogP contribution is 2.31. The van der Waals surface area contributed by atoms with Gasteiger partial charge in [-0.25, -0.2) is 0 Å². The Morgan fingerprint density at radius 1 is 1.29 bits per heavy atom. The van der Waals surface area contributed by atoms with Crippen LogP contribution in [0.4, 0.5) is 11.4 Å². The van der Waals surface area contributed by atoms with Crippen molar-refractivity contribution in [2.24, 2.45) is 0 Å². The van der Waals surface area contributed by atoms with E-state index in [0.29, 0.717) is 35.7 Å². The summed E-state index contributed by atoms with van der Waals surface area (Å²) in [5.74, 6) is 1.17. The van der Waals surface area contributed by atoms with Crippen molar-refractivity contribution < 1.29 is 19.1 Å². The molecular formula is C21H22N2O4S. The normalized spacial score (nSPS) is 18.7. The quantitative estimate of drug-likeness (QED) is 0.798. The highest BCUT2D eigenvalue weighted by Gasteiger charge is 2.17. The molecule has 0 bridgehead atoms. The molecule has 2 aliphatic rings. The van der Waals surface area contributed by atoms with E-state index in [1.807, 2.05) is 24.3 Å². The van der Waals surface area contributed by atoms with Gasteiger partial charge in [0.25, 0.3) is 5.91 Å². The first-order chi connectivity index (χ1) is 13.7. The molecule has 0 aromatic heterocycles. The number of rotatable bonds is 5. The molecule has 0 saturated carbocycles. The van der Waals surface area contributed by atoms with E-state index < -0.39 is 0 Å². The largest absolute Gasteiger partial charge is 0.491 e. The molecule has 1 fully saturated rings. The molecule has 4 rings (SSSR count). The Labute approximate surface area is 168 Å². The average molecular weight is 398 g/mol. The number of thioether (sulfide) groups is 1. The minimum atomic E-state index is -0.234. The molecule has 1 atom stereocenters. The Morgan fingerprint density at radius 3 is 3.07 bits per heavy atom. The van der Waals surface area contributed by atoms with Gasteiger partial charge in [0, 0.05) is 41.0 Å². The first-order valence-electron chi connectivity index (χ1n) is 9.40. The van der Waals surface area contributed by atoms with Gasteiger partial charge in [-0.1, -0.05) is 6.07 Å².